The zero-order valence-corrected chi connectivity index (χ0v) is 13.3. The molecule has 0 unspecified atom stereocenters. The summed E-state index contributed by atoms with van der Waals surface area (Å²) < 4.78 is 7.20. The number of hydrogen-bond acceptors (Lipinski definition) is 3. The zero-order chi connectivity index (χ0) is 16.2. The minimum absolute atomic E-state index is 0.365. The first kappa shape index (κ1) is 15.1. The summed E-state index contributed by atoms with van der Waals surface area (Å²) >= 11 is 5.94. The van der Waals surface area contributed by atoms with E-state index in [0.717, 1.165) is 22.7 Å². The van der Waals surface area contributed by atoms with E-state index in [4.69, 9.17) is 21.6 Å². The summed E-state index contributed by atoms with van der Waals surface area (Å²) in [6, 6.07) is 18.9. The predicted molar refractivity (Wildman–Crippen MR) is 89.9 cm³/mol. The maximum atomic E-state index is 9.16. The molecule has 0 saturated carbocycles. The number of hydrogen-bond donors (Lipinski definition) is 0. The second-order valence-electron chi connectivity index (χ2n) is 4.87. The lowest BCUT2D eigenvalue weighted by atomic mass is 10.1. The van der Waals surface area contributed by atoms with E-state index in [1.807, 2.05) is 43.3 Å². The summed E-state index contributed by atoms with van der Waals surface area (Å²) in [5.41, 5.74) is 3.01. The van der Waals surface area contributed by atoms with Crippen molar-refractivity contribution in [3.05, 3.63) is 65.3 Å². The normalized spacial score (nSPS) is 10.3. The van der Waals surface area contributed by atoms with Crippen molar-refractivity contribution in [2.75, 3.05) is 6.61 Å². The smallest absolute Gasteiger partial charge is 0.163 e. The Morgan fingerprint density at radius 2 is 1.83 bits per heavy atom. The van der Waals surface area contributed by atoms with Crippen LogP contribution >= 0.6 is 11.6 Å². The molecular formula is C18H14ClN3O. The second-order valence-corrected chi connectivity index (χ2v) is 5.31. The van der Waals surface area contributed by atoms with Crippen LogP contribution in [0.5, 0.6) is 5.75 Å². The van der Waals surface area contributed by atoms with Gasteiger partial charge in [-0.05, 0) is 55.5 Å². The topological polar surface area (TPSA) is 50.8 Å². The Hall–Kier alpha value is -2.77. The Balaban J connectivity index is 2.06. The lowest BCUT2D eigenvalue weighted by Gasteiger charge is -2.09. The third-order valence-electron chi connectivity index (χ3n) is 3.36. The molecule has 4 nitrogen and oxygen atoms in total. The molecule has 0 amide bonds. The Morgan fingerprint density at radius 1 is 1.13 bits per heavy atom. The average Bonchev–Trinajstić information content (AvgIpc) is 3.01. The molecule has 3 aromatic rings. The molecular weight excluding hydrogens is 310 g/mol. The minimum Gasteiger partial charge on any atom is -0.494 e. The molecule has 0 atom stereocenters. The van der Waals surface area contributed by atoms with Crippen LogP contribution in [0.15, 0.2) is 54.6 Å². The van der Waals surface area contributed by atoms with Crippen LogP contribution in [0.4, 0.5) is 0 Å². The minimum atomic E-state index is 0.365. The molecule has 0 aliphatic carbocycles. The van der Waals surface area contributed by atoms with E-state index >= 15 is 0 Å². The van der Waals surface area contributed by atoms with Crippen molar-refractivity contribution >= 4 is 11.6 Å². The van der Waals surface area contributed by atoms with E-state index in [1.54, 1.807) is 22.9 Å². The molecule has 0 aliphatic heterocycles. The Labute approximate surface area is 139 Å². The summed E-state index contributed by atoms with van der Waals surface area (Å²) in [7, 11) is 0. The predicted octanol–water partition coefficient (Wildman–Crippen LogP) is 4.46. The van der Waals surface area contributed by atoms with Crippen LogP contribution < -0.4 is 4.74 Å². The van der Waals surface area contributed by atoms with Crippen molar-refractivity contribution in [2.45, 2.75) is 6.92 Å². The van der Waals surface area contributed by atoms with Crippen molar-refractivity contribution in [3.63, 3.8) is 0 Å². The highest BCUT2D eigenvalue weighted by atomic mass is 35.5. The molecule has 1 heterocycles. The second kappa shape index (κ2) is 6.55. The summed E-state index contributed by atoms with van der Waals surface area (Å²) in [6.07, 6.45) is 0. The fourth-order valence-electron chi connectivity index (χ4n) is 2.31. The third-order valence-corrected chi connectivity index (χ3v) is 3.61. The van der Waals surface area contributed by atoms with Gasteiger partial charge in [0, 0.05) is 16.7 Å². The number of benzene rings is 2. The SMILES string of the molecule is CCOc1ccc(-c2cc(C#N)nn2-c2ccc(Cl)cc2)cc1. The molecule has 2 aromatic carbocycles. The van der Waals surface area contributed by atoms with Gasteiger partial charge in [-0.2, -0.15) is 10.4 Å². The fraction of sp³-hybridized carbons (Fsp3) is 0.111. The van der Waals surface area contributed by atoms with Crippen molar-refractivity contribution in [1.82, 2.24) is 9.78 Å². The molecule has 23 heavy (non-hydrogen) atoms. The van der Waals surface area contributed by atoms with Crippen molar-refractivity contribution < 1.29 is 4.74 Å². The van der Waals surface area contributed by atoms with Crippen LogP contribution in [0.2, 0.25) is 5.02 Å². The van der Waals surface area contributed by atoms with Crippen LogP contribution in [-0.4, -0.2) is 16.4 Å². The molecule has 5 heteroatoms. The number of nitriles is 1. The van der Waals surface area contributed by atoms with Gasteiger partial charge in [-0.15, -0.1) is 0 Å². The highest BCUT2D eigenvalue weighted by molar-refractivity contribution is 6.30. The molecule has 114 valence electrons. The molecule has 3 rings (SSSR count). The third kappa shape index (κ3) is 3.20. The summed E-state index contributed by atoms with van der Waals surface area (Å²) in [5.74, 6) is 0.814. The van der Waals surface area contributed by atoms with Gasteiger partial charge in [-0.1, -0.05) is 11.6 Å². The van der Waals surface area contributed by atoms with Crippen molar-refractivity contribution in [3.8, 4) is 28.8 Å². The van der Waals surface area contributed by atoms with Gasteiger partial charge in [0.1, 0.15) is 11.8 Å². The van der Waals surface area contributed by atoms with E-state index in [2.05, 4.69) is 11.2 Å². The molecule has 0 saturated heterocycles. The number of rotatable bonds is 4. The van der Waals surface area contributed by atoms with Crippen LogP contribution in [0.25, 0.3) is 16.9 Å². The maximum absolute atomic E-state index is 9.16. The molecule has 0 aliphatic rings. The number of halogens is 1. The van der Waals surface area contributed by atoms with Crippen LogP contribution in [-0.2, 0) is 0 Å². The Bertz CT molecular complexity index is 845. The van der Waals surface area contributed by atoms with Crippen LogP contribution in [0, 0.1) is 11.3 Å². The zero-order valence-electron chi connectivity index (χ0n) is 12.5. The summed E-state index contributed by atoms with van der Waals surface area (Å²) in [5, 5.41) is 14.2. The number of aromatic nitrogens is 2. The van der Waals surface area contributed by atoms with Gasteiger partial charge >= 0.3 is 0 Å². The lowest BCUT2D eigenvalue weighted by molar-refractivity contribution is 0.340. The van der Waals surface area contributed by atoms with E-state index in [9.17, 15) is 0 Å². The van der Waals surface area contributed by atoms with Gasteiger partial charge in [-0.3, -0.25) is 0 Å². The van der Waals surface area contributed by atoms with Gasteiger partial charge in [0.25, 0.3) is 0 Å². The van der Waals surface area contributed by atoms with E-state index in [1.165, 1.54) is 0 Å². The van der Waals surface area contributed by atoms with E-state index < -0.39 is 0 Å². The molecule has 0 bridgehead atoms. The molecule has 0 fully saturated rings. The number of ether oxygens (including phenoxy) is 1. The van der Waals surface area contributed by atoms with Gasteiger partial charge in [0.05, 0.1) is 18.0 Å². The van der Waals surface area contributed by atoms with E-state index in [0.29, 0.717) is 17.3 Å². The maximum Gasteiger partial charge on any atom is 0.163 e. The number of nitrogens with zero attached hydrogens (tertiary/aromatic N) is 3. The van der Waals surface area contributed by atoms with Gasteiger partial charge in [0.2, 0.25) is 0 Å². The van der Waals surface area contributed by atoms with Gasteiger partial charge < -0.3 is 4.74 Å². The Morgan fingerprint density at radius 3 is 2.43 bits per heavy atom. The molecule has 0 N–H and O–H groups in total. The first-order valence-electron chi connectivity index (χ1n) is 7.20. The van der Waals surface area contributed by atoms with Crippen LogP contribution in [0.3, 0.4) is 0 Å². The lowest BCUT2D eigenvalue weighted by Crippen LogP contribution is -1.99. The first-order chi connectivity index (χ1) is 11.2. The fourth-order valence-corrected chi connectivity index (χ4v) is 2.44. The van der Waals surface area contributed by atoms with Crippen LogP contribution in [0.1, 0.15) is 12.6 Å². The molecule has 0 spiro atoms. The highest BCUT2D eigenvalue weighted by Crippen LogP contribution is 2.26. The monoisotopic (exact) mass is 323 g/mol. The highest BCUT2D eigenvalue weighted by Gasteiger charge is 2.11. The summed E-state index contributed by atoms with van der Waals surface area (Å²) in [6.45, 7) is 2.57. The Kier molecular flexibility index (Phi) is 4.31. The summed E-state index contributed by atoms with van der Waals surface area (Å²) in [4.78, 5) is 0. The standard InChI is InChI=1S/C18H14ClN3O/c1-2-23-17-9-3-13(4-10-17)18-11-15(12-20)21-22(18)16-7-5-14(19)6-8-16/h3-11H,2H2,1H3. The van der Waals surface area contributed by atoms with Crippen molar-refractivity contribution in [2.24, 2.45) is 0 Å². The largest absolute Gasteiger partial charge is 0.494 e. The van der Waals surface area contributed by atoms with Crippen molar-refractivity contribution in [1.29, 1.82) is 5.26 Å². The van der Waals surface area contributed by atoms with E-state index in [-0.39, 0.29) is 0 Å². The first-order valence-corrected chi connectivity index (χ1v) is 7.58. The average molecular weight is 324 g/mol. The molecule has 1 aromatic heterocycles. The molecule has 0 radical (unpaired) electrons. The van der Waals surface area contributed by atoms with Gasteiger partial charge in [0.15, 0.2) is 5.69 Å². The quantitative estimate of drug-likeness (QED) is 0.712. The van der Waals surface area contributed by atoms with Gasteiger partial charge in [-0.25, -0.2) is 4.68 Å².